The van der Waals surface area contributed by atoms with Gasteiger partial charge in [0.25, 0.3) is 5.91 Å². The van der Waals surface area contributed by atoms with Gasteiger partial charge in [0, 0.05) is 32.1 Å². The van der Waals surface area contributed by atoms with Crippen molar-refractivity contribution >= 4 is 11.9 Å². The van der Waals surface area contributed by atoms with Crippen LogP contribution >= 0.6 is 0 Å². The highest BCUT2D eigenvalue weighted by Crippen LogP contribution is 2.34. The molecule has 2 fully saturated rings. The number of carbonyl (C=O) groups is 2. The Balaban J connectivity index is 1.85. The average molecular weight is 351 g/mol. The van der Waals surface area contributed by atoms with Gasteiger partial charge in [-0.2, -0.15) is 0 Å². The molecular formula is C18H25NO6. The van der Waals surface area contributed by atoms with Crippen LogP contribution in [0.4, 0.5) is 0 Å². The maximum atomic E-state index is 13.0. The van der Waals surface area contributed by atoms with Gasteiger partial charge < -0.3 is 23.9 Å². The first-order valence-electron chi connectivity index (χ1n) is 8.84. The van der Waals surface area contributed by atoms with E-state index >= 15 is 0 Å². The fourth-order valence-corrected chi connectivity index (χ4v) is 4.04. The Labute approximate surface area is 146 Å². The Bertz CT molecular complexity index is 640. The summed E-state index contributed by atoms with van der Waals surface area (Å²) in [5.41, 5.74) is 0.0614. The van der Waals surface area contributed by atoms with Crippen LogP contribution in [0.2, 0.25) is 0 Å². The van der Waals surface area contributed by atoms with Crippen molar-refractivity contribution in [3.63, 3.8) is 0 Å². The fraction of sp³-hybridized carbons (Fsp3) is 0.667. The molecule has 138 valence electrons. The molecule has 2 aliphatic rings. The molecule has 1 aliphatic carbocycles. The van der Waals surface area contributed by atoms with Crippen molar-refractivity contribution in [2.45, 2.75) is 44.8 Å². The Hall–Kier alpha value is -1.86. The number of ether oxygens (including phenoxy) is 2. The number of carboxylic acids is 1. The SMILES string of the molecule is CCc1oc(C(=O)N2CCOCC2C2CCCC2OC)cc1C(=O)O. The lowest BCUT2D eigenvalue weighted by molar-refractivity contribution is -0.0469. The maximum Gasteiger partial charge on any atom is 0.339 e. The van der Waals surface area contributed by atoms with E-state index in [0.29, 0.717) is 31.9 Å². The van der Waals surface area contributed by atoms with Crippen LogP contribution in [0.1, 0.15) is 52.9 Å². The number of aromatic carboxylic acids is 1. The number of rotatable bonds is 5. The van der Waals surface area contributed by atoms with E-state index in [-0.39, 0.29) is 35.3 Å². The molecule has 7 heteroatoms. The number of methoxy groups -OCH3 is 1. The summed E-state index contributed by atoms with van der Waals surface area (Å²) in [7, 11) is 1.71. The lowest BCUT2D eigenvalue weighted by Gasteiger charge is -2.40. The lowest BCUT2D eigenvalue weighted by atomic mass is 9.94. The molecule has 0 spiro atoms. The van der Waals surface area contributed by atoms with Crippen LogP contribution in [-0.4, -0.2) is 60.9 Å². The minimum absolute atomic E-state index is 0.0614. The van der Waals surface area contributed by atoms with E-state index in [4.69, 9.17) is 13.9 Å². The molecule has 0 bridgehead atoms. The van der Waals surface area contributed by atoms with Crippen molar-refractivity contribution in [1.82, 2.24) is 4.90 Å². The van der Waals surface area contributed by atoms with Gasteiger partial charge in [0.2, 0.25) is 0 Å². The summed E-state index contributed by atoms with van der Waals surface area (Å²) in [6.07, 6.45) is 3.61. The summed E-state index contributed by atoms with van der Waals surface area (Å²) in [6, 6.07) is 1.27. The Morgan fingerprint density at radius 1 is 1.40 bits per heavy atom. The summed E-state index contributed by atoms with van der Waals surface area (Å²) >= 11 is 0. The quantitative estimate of drug-likeness (QED) is 0.875. The van der Waals surface area contributed by atoms with E-state index in [9.17, 15) is 14.7 Å². The number of hydrogen-bond acceptors (Lipinski definition) is 5. The molecule has 25 heavy (non-hydrogen) atoms. The van der Waals surface area contributed by atoms with Gasteiger partial charge in [-0.3, -0.25) is 4.79 Å². The number of nitrogens with zero attached hydrogens (tertiary/aromatic N) is 1. The molecule has 0 aromatic carbocycles. The van der Waals surface area contributed by atoms with Crippen molar-refractivity contribution in [3.05, 3.63) is 23.2 Å². The molecule has 3 unspecified atom stereocenters. The van der Waals surface area contributed by atoms with Gasteiger partial charge in [0.05, 0.1) is 25.4 Å². The zero-order chi connectivity index (χ0) is 18.0. The van der Waals surface area contributed by atoms with Gasteiger partial charge in [0.1, 0.15) is 11.3 Å². The van der Waals surface area contributed by atoms with E-state index in [1.807, 2.05) is 0 Å². The maximum absolute atomic E-state index is 13.0. The zero-order valence-electron chi connectivity index (χ0n) is 14.7. The molecule has 2 heterocycles. The third kappa shape index (κ3) is 3.43. The summed E-state index contributed by atoms with van der Waals surface area (Å²) in [5.74, 6) is -0.691. The van der Waals surface area contributed by atoms with E-state index in [1.165, 1.54) is 6.07 Å². The number of hydrogen-bond donors (Lipinski definition) is 1. The highest BCUT2D eigenvalue weighted by atomic mass is 16.5. The van der Waals surface area contributed by atoms with Gasteiger partial charge in [-0.05, 0) is 12.8 Å². The highest BCUT2D eigenvalue weighted by Gasteiger charge is 2.41. The fourth-order valence-electron chi connectivity index (χ4n) is 4.04. The molecule has 1 aromatic heterocycles. The largest absolute Gasteiger partial charge is 0.478 e. The topological polar surface area (TPSA) is 89.2 Å². The second-order valence-electron chi connectivity index (χ2n) is 6.62. The van der Waals surface area contributed by atoms with E-state index in [2.05, 4.69) is 0 Å². The number of amides is 1. The second-order valence-corrected chi connectivity index (χ2v) is 6.62. The van der Waals surface area contributed by atoms with Crippen LogP contribution in [0, 0.1) is 5.92 Å². The first kappa shape index (κ1) is 17.9. The summed E-state index contributed by atoms with van der Waals surface area (Å²) in [6.45, 7) is 3.23. The Morgan fingerprint density at radius 3 is 2.84 bits per heavy atom. The predicted octanol–water partition coefficient (Wildman–Crippen LogP) is 2.20. The molecule has 3 atom stereocenters. The minimum atomic E-state index is -1.08. The standard InChI is InChI=1S/C18H25NO6/c1-3-14-12(18(21)22)9-16(25-14)17(20)19-7-8-24-10-13(19)11-5-4-6-15(11)23-2/h9,11,13,15H,3-8,10H2,1-2H3,(H,21,22). The number of carboxylic acid groups (broad SMARTS) is 1. The third-order valence-electron chi connectivity index (χ3n) is 5.30. The monoisotopic (exact) mass is 351 g/mol. The Morgan fingerprint density at radius 2 is 2.20 bits per heavy atom. The van der Waals surface area contributed by atoms with Crippen molar-refractivity contribution in [1.29, 1.82) is 0 Å². The molecule has 0 radical (unpaired) electrons. The van der Waals surface area contributed by atoms with Gasteiger partial charge in [0.15, 0.2) is 5.76 Å². The molecule has 1 N–H and O–H groups in total. The van der Waals surface area contributed by atoms with E-state index in [1.54, 1.807) is 18.9 Å². The lowest BCUT2D eigenvalue weighted by Crippen LogP contribution is -2.53. The number of furan rings is 1. The molecule has 3 rings (SSSR count). The van der Waals surface area contributed by atoms with Gasteiger partial charge in [-0.25, -0.2) is 4.79 Å². The first-order chi connectivity index (χ1) is 12.1. The second kappa shape index (κ2) is 7.58. The number of aryl methyl sites for hydroxylation is 1. The normalized spacial score (nSPS) is 26.8. The van der Waals surface area contributed by atoms with Crippen molar-refractivity contribution in [3.8, 4) is 0 Å². The van der Waals surface area contributed by atoms with E-state index < -0.39 is 5.97 Å². The summed E-state index contributed by atoms with van der Waals surface area (Å²) < 4.78 is 16.8. The zero-order valence-corrected chi connectivity index (χ0v) is 14.7. The van der Waals surface area contributed by atoms with Gasteiger partial charge in [-0.15, -0.1) is 0 Å². The molecule has 7 nitrogen and oxygen atoms in total. The molecule has 1 saturated heterocycles. The smallest absolute Gasteiger partial charge is 0.339 e. The van der Waals surface area contributed by atoms with Crippen LogP contribution in [0.15, 0.2) is 10.5 Å². The minimum Gasteiger partial charge on any atom is -0.478 e. The number of morpholine rings is 1. The van der Waals surface area contributed by atoms with Crippen LogP contribution < -0.4 is 0 Å². The van der Waals surface area contributed by atoms with Crippen molar-refractivity contribution < 1.29 is 28.6 Å². The van der Waals surface area contributed by atoms with Crippen LogP contribution in [0.3, 0.4) is 0 Å². The molecule has 1 aromatic rings. The highest BCUT2D eigenvalue weighted by molar-refractivity contribution is 5.96. The van der Waals surface area contributed by atoms with Crippen LogP contribution in [0.5, 0.6) is 0 Å². The summed E-state index contributed by atoms with van der Waals surface area (Å²) in [4.78, 5) is 26.1. The molecule has 1 amide bonds. The average Bonchev–Trinajstić information content (AvgIpc) is 3.27. The van der Waals surface area contributed by atoms with Crippen molar-refractivity contribution in [2.24, 2.45) is 5.92 Å². The van der Waals surface area contributed by atoms with E-state index in [0.717, 1.165) is 19.3 Å². The van der Waals surface area contributed by atoms with Crippen molar-refractivity contribution in [2.75, 3.05) is 26.9 Å². The molecule has 1 aliphatic heterocycles. The van der Waals surface area contributed by atoms with Gasteiger partial charge in [-0.1, -0.05) is 13.3 Å². The summed E-state index contributed by atoms with van der Waals surface area (Å²) in [5, 5.41) is 9.27. The predicted molar refractivity (Wildman–Crippen MR) is 88.8 cm³/mol. The van der Waals surface area contributed by atoms with Crippen LogP contribution in [-0.2, 0) is 15.9 Å². The molecule has 1 saturated carbocycles. The van der Waals surface area contributed by atoms with Gasteiger partial charge >= 0.3 is 5.97 Å². The molecular weight excluding hydrogens is 326 g/mol. The van der Waals surface area contributed by atoms with Crippen LogP contribution in [0.25, 0.3) is 0 Å². The first-order valence-corrected chi connectivity index (χ1v) is 8.84. The Kier molecular flexibility index (Phi) is 5.44. The number of carbonyl (C=O) groups excluding carboxylic acids is 1. The third-order valence-corrected chi connectivity index (χ3v) is 5.30.